The van der Waals surface area contributed by atoms with Crippen LogP contribution in [0.1, 0.15) is 98.3 Å². The van der Waals surface area contributed by atoms with Gasteiger partial charge in [-0.1, -0.05) is 53.4 Å². The van der Waals surface area contributed by atoms with Crippen LogP contribution in [0.3, 0.4) is 0 Å². The molecule has 0 aromatic rings. The van der Waals surface area contributed by atoms with E-state index in [0.29, 0.717) is 25.8 Å². The second-order valence-electron chi connectivity index (χ2n) is 13.2. The highest BCUT2D eigenvalue weighted by molar-refractivity contribution is 6.37. The predicted molar refractivity (Wildman–Crippen MR) is 155 cm³/mol. The van der Waals surface area contributed by atoms with E-state index >= 15 is 0 Å². The summed E-state index contributed by atoms with van der Waals surface area (Å²) in [5.41, 5.74) is 4.56. The van der Waals surface area contributed by atoms with Crippen molar-refractivity contribution < 1.29 is 33.5 Å². The number of ether oxygens (including phenoxy) is 1. The third-order valence-corrected chi connectivity index (χ3v) is 8.93. The highest BCUT2D eigenvalue weighted by Gasteiger charge is 2.43. The molecule has 2 aliphatic carbocycles. The van der Waals surface area contributed by atoms with Gasteiger partial charge in [-0.05, 0) is 62.2 Å². The molecule has 0 spiro atoms. The number of hydrogen-bond acceptors (Lipinski definition) is 7. The van der Waals surface area contributed by atoms with Crippen LogP contribution in [0.25, 0.3) is 0 Å². The summed E-state index contributed by atoms with van der Waals surface area (Å²) in [5, 5.41) is 7.94. The molecule has 1 heterocycles. The number of rotatable bonds is 12. The number of carbonyl (C=O) groups excluding carboxylic acids is 6. The number of nitrogens with two attached hydrogens (primary N) is 1. The molecule has 0 aromatic carbocycles. The first-order valence-corrected chi connectivity index (χ1v) is 15.5. The number of amides is 5. The van der Waals surface area contributed by atoms with E-state index in [1.165, 1.54) is 4.90 Å². The quantitative estimate of drug-likeness (QED) is 0.198. The summed E-state index contributed by atoms with van der Waals surface area (Å²) < 4.78 is 5.38. The zero-order valence-corrected chi connectivity index (χ0v) is 25.5. The van der Waals surface area contributed by atoms with Crippen LogP contribution in [0, 0.1) is 17.3 Å². The average Bonchev–Trinajstić information content (AvgIpc) is 3.42. The van der Waals surface area contributed by atoms with E-state index in [1.807, 2.05) is 6.92 Å². The third-order valence-electron chi connectivity index (χ3n) is 8.93. The lowest BCUT2D eigenvalue weighted by atomic mass is 9.80. The van der Waals surface area contributed by atoms with Gasteiger partial charge in [0.25, 0.3) is 5.91 Å². The number of hydrogen-bond donors (Lipinski definition) is 4. The molecule has 12 nitrogen and oxygen atoms in total. The molecule has 5 amide bonds. The first-order valence-electron chi connectivity index (χ1n) is 15.5. The summed E-state index contributed by atoms with van der Waals surface area (Å²) in [7, 11) is 0. The molecule has 0 bridgehead atoms. The Kier molecular flexibility index (Phi) is 11.8. The van der Waals surface area contributed by atoms with Crippen molar-refractivity contribution in [1.29, 1.82) is 0 Å². The van der Waals surface area contributed by atoms with Gasteiger partial charge in [-0.25, -0.2) is 4.79 Å². The van der Waals surface area contributed by atoms with Gasteiger partial charge in [0.15, 0.2) is 0 Å². The zero-order chi connectivity index (χ0) is 31.0. The van der Waals surface area contributed by atoms with Gasteiger partial charge in [-0.15, -0.1) is 0 Å². The number of nitrogens with zero attached hydrogens (tertiary/aromatic N) is 1. The van der Waals surface area contributed by atoms with Crippen LogP contribution in [0.2, 0.25) is 0 Å². The fourth-order valence-electron chi connectivity index (χ4n) is 6.04. The Morgan fingerprint density at radius 3 is 2.14 bits per heavy atom. The van der Waals surface area contributed by atoms with Gasteiger partial charge in [-0.3, -0.25) is 24.0 Å². The molecule has 3 aliphatic rings. The molecular weight excluding hydrogens is 542 g/mol. The lowest BCUT2D eigenvalue weighted by Crippen LogP contribution is -2.63. The molecular formula is C30H49N5O7. The van der Waals surface area contributed by atoms with Gasteiger partial charge in [0.1, 0.15) is 24.7 Å². The Balaban J connectivity index is 1.70. The molecule has 3 fully saturated rings. The third kappa shape index (κ3) is 9.16. The van der Waals surface area contributed by atoms with Crippen molar-refractivity contribution in [1.82, 2.24) is 20.9 Å². The van der Waals surface area contributed by atoms with Gasteiger partial charge in [0.2, 0.25) is 17.6 Å². The molecule has 3 rings (SSSR count). The monoisotopic (exact) mass is 591 g/mol. The summed E-state index contributed by atoms with van der Waals surface area (Å²) in [6.45, 7) is 7.41. The van der Waals surface area contributed by atoms with Crippen LogP contribution in [0.4, 0.5) is 4.79 Å². The van der Waals surface area contributed by atoms with Crippen molar-refractivity contribution in [3.05, 3.63) is 0 Å². The van der Waals surface area contributed by atoms with E-state index in [4.69, 9.17) is 10.5 Å². The second kappa shape index (κ2) is 14.8. The minimum Gasteiger partial charge on any atom is -0.461 e. The minimum absolute atomic E-state index is 0.119. The summed E-state index contributed by atoms with van der Waals surface area (Å²) in [4.78, 5) is 78.4. The first kappa shape index (κ1) is 33.3. The van der Waals surface area contributed by atoms with Crippen molar-refractivity contribution >= 4 is 35.5 Å². The summed E-state index contributed by atoms with van der Waals surface area (Å²) in [6.07, 6.45) is 8.66. The molecule has 236 valence electrons. The minimum atomic E-state index is -1.10. The van der Waals surface area contributed by atoms with Gasteiger partial charge < -0.3 is 31.3 Å². The maximum atomic E-state index is 14.0. The first-order chi connectivity index (χ1) is 19.8. The molecule has 42 heavy (non-hydrogen) atoms. The number of esters is 1. The summed E-state index contributed by atoms with van der Waals surface area (Å²) in [6, 6.07) is -3.61. The zero-order valence-electron chi connectivity index (χ0n) is 25.5. The fraction of sp³-hybridized carbons (Fsp3) is 0.800. The molecule has 0 radical (unpaired) electrons. The molecule has 3 unspecified atom stereocenters. The number of likely N-dealkylation sites (tertiary alicyclic amines) is 1. The van der Waals surface area contributed by atoms with Gasteiger partial charge in [0, 0.05) is 6.54 Å². The van der Waals surface area contributed by atoms with E-state index < -0.39 is 59.0 Å². The van der Waals surface area contributed by atoms with Crippen LogP contribution in [-0.2, 0) is 28.7 Å². The van der Waals surface area contributed by atoms with Crippen LogP contribution >= 0.6 is 0 Å². The number of carbonyl (C=O) groups is 6. The summed E-state index contributed by atoms with van der Waals surface area (Å²) >= 11 is 0. The van der Waals surface area contributed by atoms with Gasteiger partial charge >= 0.3 is 12.0 Å². The highest BCUT2D eigenvalue weighted by atomic mass is 16.5. The lowest BCUT2D eigenvalue weighted by molar-refractivity contribution is -0.148. The van der Waals surface area contributed by atoms with Crippen LogP contribution < -0.4 is 21.7 Å². The predicted octanol–water partition coefficient (Wildman–Crippen LogP) is 1.93. The van der Waals surface area contributed by atoms with E-state index in [9.17, 15) is 28.8 Å². The molecule has 1 aliphatic heterocycles. The SMILES string of the molecule is CC[C@H]1CCN(C(=O)C(NC(=O)NCC(=O)OC2CCCC2)C(C)(C)C)C(C(=O)NC(CC2CCC2)C(=O)C(N)=O)C1. The molecule has 0 aromatic heterocycles. The Labute approximate surface area is 248 Å². The molecule has 1 saturated heterocycles. The van der Waals surface area contributed by atoms with Crippen LogP contribution in [0.5, 0.6) is 0 Å². The van der Waals surface area contributed by atoms with E-state index in [-0.39, 0.29) is 24.5 Å². The highest BCUT2D eigenvalue weighted by Crippen LogP contribution is 2.32. The number of urea groups is 1. The van der Waals surface area contributed by atoms with Gasteiger partial charge in [0.05, 0.1) is 6.04 Å². The number of primary amides is 1. The smallest absolute Gasteiger partial charge is 0.325 e. The Morgan fingerprint density at radius 2 is 1.60 bits per heavy atom. The fourth-order valence-corrected chi connectivity index (χ4v) is 6.04. The standard InChI is InChI=1S/C30H49N5O7/c1-5-18-13-14-35(22(16-18)27(39)33-21(24(37)26(31)38)15-19-9-8-10-19)28(40)25(30(2,3)4)34-29(41)32-17-23(36)42-20-11-6-7-12-20/h18-22,25H,5-17H2,1-4H3,(H2,31,38)(H,33,39)(H2,32,34,41)/t18-,21?,22?,25?/m0/s1. The van der Waals surface area contributed by atoms with Gasteiger partial charge in [-0.2, -0.15) is 0 Å². The van der Waals surface area contributed by atoms with Crippen molar-refractivity contribution in [2.75, 3.05) is 13.1 Å². The molecule has 2 saturated carbocycles. The van der Waals surface area contributed by atoms with Crippen molar-refractivity contribution in [2.24, 2.45) is 23.0 Å². The van der Waals surface area contributed by atoms with Crippen LogP contribution in [-0.4, -0.2) is 77.7 Å². The Hall–Kier alpha value is -3.18. The number of nitrogens with one attached hydrogen (secondary N) is 3. The maximum absolute atomic E-state index is 14.0. The normalized spacial score (nSPS) is 22.8. The lowest BCUT2D eigenvalue weighted by Gasteiger charge is -2.42. The molecule has 5 N–H and O–H groups in total. The largest absolute Gasteiger partial charge is 0.461 e. The summed E-state index contributed by atoms with van der Waals surface area (Å²) in [5.74, 6) is -2.99. The Morgan fingerprint density at radius 1 is 0.929 bits per heavy atom. The van der Waals surface area contributed by atoms with E-state index in [1.54, 1.807) is 20.8 Å². The average molecular weight is 592 g/mol. The second-order valence-corrected chi connectivity index (χ2v) is 13.2. The number of ketones is 1. The molecule has 12 heteroatoms. The van der Waals surface area contributed by atoms with Crippen molar-refractivity contribution in [3.8, 4) is 0 Å². The Bertz CT molecular complexity index is 1020. The maximum Gasteiger partial charge on any atom is 0.325 e. The van der Waals surface area contributed by atoms with E-state index in [2.05, 4.69) is 16.0 Å². The van der Waals surface area contributed by atoms with Crippen molar-refractivity contribution in [3.63, 3.8) is 0 Å². The molecule has 4 atom stereocenters. The number of Topliss-reactive ketones (excluding diaryl/α,β-unsaturated/α-hetero) is 1. The van der Waals surface area contributed by atoms with E-state index in [0.717, 1.165) is 51.4 Å². The van der Waals surface area contributed by atoms with Crippen LogP contribution in [0.15, 0.2) is 0 Å². The van der Waals surface area contributed by atoms with Crippen molar-refractivity contribution in [2.45, 2.75) is 123 Å². The number of piperidine rings is 1. The topological polar surface area (TPSA) is 177 Å².